The Balaban J connectivity index is 1.51. The second-order valence-electron chi connectivity index (χ2n) is 9.85. The normalized spacial score (nSPS) is 15.0. The number of rotatable bonds is 10. The number of anilines is 1. The lowest BCUT2D eigenvalue weighted by Crippen LogP contribution is -2.41. The zero-order valence-electron chi connectivity index (χ0n) is 21.2. The van der Waals surface area contributed by atoms with Gasteiger partial charge in [0.1, 0.15) is 18.9 Å². The predicted octanol–water partition coefficient (Wildman–Crippen LogP) is 2.73. The number of hydrogen-bond acceptors (Lipinski definition) is 6. The third-order valence-corrected chi connectivity index (χ3v) is 8.98. The Morgan fingerprint density at radius 3 is 2.08 bits per heavy atom. The summed E-state index contributed by atoms with van der Waals surface area (Å²) in [5.41, 5.74) is 1.40. The van der Waals surface area contributed by atoms with Gasteiger partial charge in [0.25, 0.3) is 0 Å². The lowest BCUT2D eigenvalue weighted by molar-refractivity contribution is -0.119. The van der Waals surface area contributed by atoms with Gasteiger partial charge in [-0.3, -0.25) is 9.10 Å². The molecular formula is C25H35N3O6S2. The molecule has 1 aliphatic heterocycles. The molecule has 0 aliphatic carbocycles. The van der Waals surface area contributed by atoms with E-state index in [0.29, 0.717) is 24.5 Å². The molecule has 0 atom stereocenters. The largest absolute Gasteiger partial charge is 0.492 e. The van der Waals surface area contributed by atoms with E-state index in [-0.39, 0.29) is 30.0 Å². The van der Waals surface area contributed by atoms with Crippen LogP contribution in [0.15, 0.2) is 53.4 Å². The molecule has 1 saturated heterocycles. The van der Waals surface area contributed by atoms with Gasteiger partial charge < -0.3 is 10.1 Å². The van der Waals surface area contributed by atoms with Gasteiger partial charge in [-0.15, -0.1) is 0 Å². The summed E-state index contributed by atoms with van der Waals surface area (Å²) in [6.07, 6.45) is 2.81. The summed E-state index contributed by atoms with van der Waals surface area (Å²) in [4.78, 5) is 12.7. The minimum atomic E-state index is -3.67. The van der Waals surface area contributed by atoms with Crippen molar-refractivity contribution in [1.29, 1.82) is 0 Å². The molecule has 11 heteroatoms. The first kappa shape index (κ1) is 27.9. The van der Waals surface area contributed by atoms with Crippen molar-refractivity contribution in [3.05, 3.63) is 54.1 Å². The maximum absolute atomic E-state index is 12.6. The Hall–Kier alpha value is -2.63. The summed E-state index contributed by atoms with van der Waals surface area (Å²) in [5.74, 6) is 0.0114. The van der Waals surface area contributed by atoms with Crippen LogP contribution in [0.1, 0.15) is 39.2 Å². The highest BCUT2D eigenvalue weighted by Crippen LogP contribution is 2.26. The van der Waals surface area contributed by atoms with Crippen molar-refractivity contribution in [3.8, 4) is 5.75 Å². The molecule has 9 nitrogen and oxygen atoms in total. The van der Waals surface area contributed by atoms with Crippen molar-refractivity contribution in [2.45, 2.75) is 43.9 Å². The molecule has 3 rings (SSSR count). The molecule has 1 aliphatic rings. The van der Waals surface area contributed by atoms with Gasteiger partial charge in [-0.1, -0.05) is 32.9 Å². The fourth-order valence-corrected chi connectivity index (χ4v) is 6.23. The van der Waals surface area contributed by atoms with Crippen LogP contribution in [0.5, 0.6) is 5.75 Å². The highest BCUT2D eigenvalue weighted by atomic mass is 32.2. The second kappa shape index (κ2) is 11.2. The van der Waals surface area contributed by atoms with E-state index in [9.17, 15) is 21.6 Å². The smallest absolute Gasteiger partial charge is 0.243 e. The van der Waals surface area contributed by atoms with Crippen molar-refractivity contribution in [2.75, 3.05) is 43.3 Å². The van der Waals surface area contributed by atoms with Gasteiger partial charge in [0.2, 0.25) is 26.0 Å². The molecule has 36 heavy (non-hydrogen) atoms. The maximum Gasteiger partial charge on any atom is 0.243 e. The molecular weight excluding hydrogens is 502 g/mol. The van der Waals surface area contributed by atoms with E-state index < -0.39 is 26.0 Å². The van der Waals surface area contributed by atoms with Crippen LogP contribution < -0.4 is 14.4 Å². The Bertz CT molecular complexity index is 1250. The topological polar surface area (TPSA) is 113 Å². The lowest BCUT2D eigenvalue weighted by Gasteiger charge is -2.24. The van der Waals surface area contributed by atoms with Gasteiger partial charge >= 0.3 is 0 Å². The van der Waals surface area contributed by atoms with Crippen LogP contribution in [0.3, 0.4) is 0 Å². The van der Waals surface area contributed by atoms with Crippen LogP contribution in [0.2, 0.25) is 0 Å². The third-order valence-electron chi connectivity index (χ3n) is 5.93. The first-order valence-electron chi connectivity index (χ1n) is 11.9. The molecule has 1 amide bonds. The summed E-state index contributed by atoms with van der Waals surface area (Å²) >= 11 is 0. The molecule has 198 valence electrons. The summed E-state index contributed by atoms with van der Waals surface area (Å²) < 4.78 is 58.0. The Kier molecular flexibility index (Phi) is 8.68. The summed E-state index contributed by atoms with van der Waals surface area (Å²) in [6, 6.07) is 13.3. The van der Waals surface area contributed by atoms with Crippen LogP contribution in [0.25, 0.3) is 0 Å². The molecule has 0 spiro atoms. The number of sulfonamides is 2. The van der Waals surface area contributed by atoms with E-state index in [0.717, 1.165) is 29.0 Å². The SMILES string of the molecule is CC(C)(C)c1ccc(N(CC(=O)NCCOc2ccc(S(=O)(=O)N3CCCC3)cc2)S(C)(=O)=O)cc1. The number of amides is 1. The van der Waals surface area contributed by atoms with Crippen molar-refractivity contribution in [1.82, 2.24) is 9.62 Å². The maximum atomic E-state index is 12.6. The van der Waals surface area contributed by atoms with Gasteiger partial charge in [0.05, 0.1) is 23.4 Å². The molecule has 0 unspecified atom stereocenters. The highest BCUT2D eigenvalue weighted by molar-refractivity contribution is 7.92. The van der Waals surface area contributed by atoms with E-state index in [2.05, 4.69) is 26.1 Å². The molecule has 0 aromatic heterocycles. The summed E-state index contributed by atoms with van der Waals surface area (Å²) in [7, 11) is -7.15. The van der Waals surface area contributed by atoms with Crippen LogP contribution in [-0.2, 0) is 30.3 Å². The molecule has 1 N–H and O–H groups in total. The molecule has 2 aromatic carbocycles. The molecule has 0 radical (unpaired) electrons. The van der Waals surface area contributed by atoms with E-state index in [4.69, 9.17) is 4.74 Å². The van der Waals surface area contributed by atoms with Crippen molar-refractivity contribution in [3.63, 3.8) is 0 Å². The van der Waals surface area contributed by atoms with Gasteiger partial charge in [-0.25, -0.2) is 16.8 Å². The zero-order chi connectivity index (χ0) is 26.6. The molecule has 2 aromatic rings. The minimum absolute atomic E-state index is 0.0751. The van der Waals surface area contributed by atoms with Crippen molar-refractivity contribution < 1.29 is 26.4 Å². The number of ether oxygens (including phenoxy) is 1. The third kappa shape index (κ3) is 7.21. The quantitative estimate of drug-likeness (QED) is 0.467. The zero-order valence-corrected chi connectivity index (χ0v) is 22.9. The standard InChI is InChI=1S/C25H35N3O6S2/c1-25(2,3)20-7-9-21(10-8-20)28(35(4,30)31)19-24(29)26-15-18-34-22-11-13-23(14-12-22)36(32,33)27-16-5-6-17-27/h7-14H,5-6,15-19H2,1-4H3,(H,26,29). The van der Waals surface area contributed by atoms with E-state index >= 15 is 0 Å². The lowest BCUT2D eigenvalue weighted by atomic mass is 9.87. The number of nitrogens with one attached hydrogen (secondary N) is 1. The Morgan fingerprint density at radius 1 is 0.972 bits per heavy atom. The summed E-state index contributed by atoms with van der Waals surface area (Å²) in [6.45, 7) is 7.23. The van der Waals surface area contributed by atoms with Crippen molar-refractivity contribution >= 4 is 31.6 Å². The molecule has 0 bridgehead atoms. The van der Waals surface area contributed by atoms with Crippen LogP contribution in [-0.4, -0.2) is 66.1 Å². The fraction of sp³-hybridized carbons (Fsp3) is 0.480. The van der Waals surface area contributed by atoms with E-state index in [1.807, 2.05) is 12.1 Å². The number of carbonyl (C=O) groups excluding carboxylic acids is 1. The van der Waals surface area contributed by atoms with Gasteiger partial charge in [-0.05, 0) is 60.2 Å². The second-order valence-corrected chi connectivity index (χ2v) is 13.7. The predicted molar refractivity (Wildman–Crippen MR) is 140 cm³/mol. The average Bonchev–Trinajstić information content (AvgIpc) is 3.35. The van der Waals surface area contributed by atoms with Crippen LogP contribution >= 0.6 is 0 Å². The number of nitrogens with zero attached hydrogens (tertiary/aromatic N) is 2. The Labute approximate surface area is 214 Å². The number of hydrogen-bond donors (Lipinski definition) is 1. The summed E-state index contributed by atoms with van der Waals surface area (Å²) in [5, 5.41) is 2.66. The number of benzene rings is 2. The molecule has 1 heterocycles. The average molecular weight is 538 g/mol. The monoisotopic (exact) mass is 537 g/mol. The molecule has 0 saturated carbocycles. The van der Waals surface area contributed by atoms with Gasteiger partial charge in [0.15, 0.2) is 0 Å². The number of carbonyl (C=O) groups is 1. The molecule has 1 fully saturated rings. The van der Waals surface area contributed by atoms with Crippen LogP contribution in [0.4, 0.5) is 5.69 Å². The van der Waals surface area contributed by atoms with Gasteiger partial charge in [-0.2, -0.15) is 4.31 Å². The highest BCUT2D eigenvalue weighted by Gasteiger charge is 2.27. The fourth-order valence-electron chi connectivity index (χ4n) is 3.86. The minimum Gasteiger partial charge on any atom is -0.492 e. The Morgan fingerprint density at radius 2 is 1.56 bits per heavy atom. The van der Waals surface area contributed by atoms with E-state index in [1.165, 1.54) is 16.4 Å². The first-order chi connectivity index (χ1) is 16.8. The van der Waals surface area contributed by atoms with E-state index in [1.54, 1.807) is 24.3 Å². The first-order valence-corrected chi connectivity index (χ1v) is 15.2. The van der Waals surface area contributed by atoms with Crippen LogP contribution in [0, 0.1) is 0 Å². The van der Waals surface area contributed by atoms with Crippen molar-refractivity contribution in [2.24, 2.45) is 0 Å². The van der Waals surface area contributed by atoms with Gasteiger partial charge in [0, 0.05) is 13.1 Å².